The van der Waals surface area contributed by atoms with Crippen LogP contribution in [0.4, 0.5) is 0 Å². The van der Waals surface area contributed by atoms with E-state index in [2.05, 4.69) is 33.0 Å². The Morgan fingerprint density at radius 1 is 1.22 bits per heavy atom. The molecule has 1 aromatic rings. The molecule has 1 aromatic carbocycles. The molecule has 1 atom stereocenters. The van der Waals surface area contributed by atoms with Gasteiger partial charge in [-0.25, -0.2) is 0 Å². The lowest BCUT2D eigenvalue weighted by Crippen LogP contribution is -2.86. The van der Waals surface area contributed by atoms with Crippen molar-refractivity contribution in [2.24, 2.45) is 0 Å². The average Bonchev–Trinajstić information content (AvgIpc) is 2.51. The second-order valence-electron chi connectivity index (χ2n) is 7.10. The fourth-order valence-electron chi connectivity index (χ4n) is 2.45. The van der Waals surface area contributed by atoms with Crippen molar-refractivity contribution in [3.8, 4) is 11.5 Å². The molecular formula is C19H34NO3+. The van der Waals surface area contributed by atoms with Gasteiger partial charge in [-0.05, 0) is 36.5 Å². The zero-order chi connectivity index (χ0) is 17.3. The smallest absolute Gasteiger partial charge is 0.137 e. The number of aliphatic hydroxyl groups is 1. The summed E-state index contributed by atoms with van der Waals surface area (Å²) in [7, 11) is 1.67. The van der Waals surface area contributed by atoms with E-state index >= 15 is 0 Å². The van der Waals surface area contributed by atoms with Gasteiger partial charge in [0, 0.05) is 5.56 Å². The molecule has 0 spiro atoms. The lowest BCUT2D eigenvalue weighted by molar-refractivity contribution is -0.661. The third-order valence-electron chi connectivity index (χ3n) is 3.88. The first-order valence-corrected chi connectivity index (χ1v) is 8.69. The van der Waals surface area contributed by atoms with E-state index in [1.54, 1.807) is 7.11 Å². The van der Waals surface area contributed by atoms with Crippen LogP contribution in [0.3, 0.4) is 0 Å². The van der Waals surface area contributed by atoms with Gasteiger partial charge in [-0.1, -0.05) is 34.1 Å². The van der Waals surface area contributed by atoms with Crippen molar-refractivity contribution in [3.05, 3.63) is 23.8 Å². The molecule has 0 heterocycles. The fraction of sp³-hybridized carbons (Fsp3) is 0.684. The Hall–Kier alpha value is -1.26. The maximum Gasteiger partial charge on any atom is 0.137 e. The highest BCUT2D eigenvalue weighted by Gasteiger charge is 2.20. The zero-order valence-electron chi connectivity index (χ0n) is 15.4. The molecule has 0 aliphatic heterocycles. The minimum atomic E-state index is -0.452. The van der Waals surface area contributed by atoms with Crippen LogP contribution in [0.15, 0.2) is 18.2 Å². The Labute approximate surface area is 141 Å². The molecule has 132 valence electrons. The molecule has 0 aliphatic carbocycles. The van der Waals surface area contributed by atoms with E-state index in [1.165, 1.54) is 19.3 Å². The third kappa shape index (κ3) is 7.23. The molecule has 0 fully saturated rings. The van der Waals surface area contributed by atoms with Crippen LogP contribution in [0.1, 0.15) is 52.5 Å². The molecule has 0 aliphatic rings. The summed E-state index contributed by atoms with van der Waals surface area (Å²) in [5.41, 5.74) is 1.05. The van der Waals surface area contributed by atoms with Crippen LogP contribution in [-0.4, -0.2) is 38.0 Å². The molecule has 3 N–H and O–H groups in total. The van der Waals surface area contributed by atoms with Crippen molar-refractivity contribution in [3.63, 3.8) is 0 Å². The second kappa shape index (κ2) is 9.78. The van der Waals surface area contributed by atoms with Gasteiger partial charge in [0.05, 0.1) is 13.7 Å². The van der Waals surface area contributed by atoms with Gasteiger partial charge in [-0.15, -0.1) is 0 Å². The number of unbranched alkanes of at least 4 members (excludes halogenated alkanes) is 2. The van der Waals surface area contributed by atoms with Crippen LogP contribution in [0.2, 0.25) is 0 Å². The number of hydrogen-bond donors (Lipinski definition) is 2. The largest absolute Gasteiger partial charge is 0.497 e. The van der Waals surface area contributed by atoms with Gasteiger partial charge in [0.2, 0.25) is 0 Å². The summed E-state index contributed by atoms with van der Waals surface area (Å²) in [5, 5.41) is 12.2. The van der Waals surface area contributed by atoms with Crippen molar-refractivity contribution in [2.75, 3.05) is 26.8 Å². The fourth-order valence-corrected chi connectivity index (χ4v) is 2.45. The lowest BCUT2D eigenvalue weighted by atomic mass is 9.86. The Kier molecular flexibility index (Phi) is 8.42. The molecule has 0 bridgehead atoms. The summed E-state index contributed by atoms with van der Waals surface area (Å²) >= 11 is 0. The first-order valence-electron chi connectivity index (χ1n) is 8.69. The van der Waals surface area contributed by atoms with Crippen LogP contribution in [0.25, 0.3) is 0 Å². The summed E-state index contributed by atoms with van der Waals surface area (Å²) < 4.78 is 11.2. The van der Waals surface area contributed by atoms with E-state index in [0.717, 1.165) is 23.6 Å². The number of methoxy groups -OCH3 is 1. The van der Waals surface area contributed by atoms with Gasteiger partial charge >= 0.3 is 0 Å². The summed E-state index contributed by atoms with van der Waals surface area (Å²) in [5.74, 6) is 1.65. The van der Waals surface area contributed by atoms with E-state index in [0.29, 0.717) is 13.2 Å². The van der Waals surface area contributed by atoms with E-state index < -0.39 is 6.10 Å². The predicted octanol–water partition coefficient (Wildman–Crippen LogP) is 2.49. The van der Waals surface area contributed by atoms with Crippen LogP contribution in [0, 0.1) is 0 Å². The molecule has 0 aromatic heterocycles. The van der Waals surface area contributed by atoms with E-state index in [9.17, 15) is 5.11 Å². The van der Waals surface area contributed by atoms with Crippen molar-refractivity contribution in [1.82, 2.24) is 0 Å². The highest BCUT2D eigenvalue weighted by atomic mass is 16.5. The Morgan fingerprint density at radius 2 is 1.96 bits per heavy atom. The number of quaternary nitrogens is 1. The van der Waals surface area contributed by atoms with E-state index in [1.807, 2.05) is 18.2 Å². The number of hydrogen-bond acceptors (Lipinski definition) is 3. The van der Waals surface area contributed by atoms with E-state index in [4.69, 9.17) is 9.47 Å². The highest BCUT2D eigenvalue weighted by molar-refractivity contribution is 5.44. The lowest BCUT2D eigenvalue weighted by Gasteiger charge is -2.24. The van der Waals surface area contributed by atoms with Gasteiger partial charge in [-0.3, -0.25) is 0 Å². The zero-order valence-corrected chi connectivity index (χ0v) is 15.4. The summed E-state index contributed by atoms with van der Waals surface area (Å²) in [6.45, 7) is 10.7. The molecule has 0 unspecified atom stereocenters. The third-order valence-corrected chi connectivity index (χ3v) is 3.88. The predicted molar refractivity (Wildman–Crippen MR) is 94.4 cm³/mol. The van der Waals surface area contributed by atoms with Crippen LogP contribution in [0.5, 0.6) is 11.5 Å². The van der Waals surface area contributed by atoms with Gasteiger partial charge < -0.3 is 19.9 Å². The first kappa shape index (κ1) is 19.8. The minimum absolute atomic E-state index is 0.0406. The van der Waals surface area contributed by atoms with Crippen LogP contribution < -0.4 is 14.8 Å². The number of benzene rings is 1. The maximum atomic E-state index is 10.1. The number of rotatable bonds is 10. The normalized spacial score (nSPS) is 13.0. The molecule has 0 radical (unpaired) electrons. The topological polar surface area (TPSA) is 55.3 Å². The van der Waals surface area contributed by atoms with Crippen LogP contribution >= 0.6 is 0 Å². The molecule has 0 saturated heterocycles. The highest BCUT2D eigenvalue weighted by Crippen LogP contribution is 2.34. The molecule has 4 nitrogen and oxygen atoms in total. The van der Waals surface area contributed by atoms with Crippen LogP contribution in [-0.2, 0) is 5.41 Å². The average molecular weight is 324 g/mol. The second-order valence-corrected chi connectivity index (χ2v) is 7.10. The van der Waals surface area contributed by atoms with Crippen molar-refractivity contribution < 1.29 is 19.9 Å². The maximum absolute atomic E-state index is 10.1. The van der Waals surface area contributed by atoms with Gasteiger partial charge in [0.25, 0.3) is 0 Å². The van der Waals surface area contributed by atoms with Gasteiger partial charge in [-0.2, -0.15) is 0 Å². The molecule has 1 rings (SSSR count). The first-order chi connectivity index (χ1) is 10.9. The molecule has 0 amide bonds. The minimum Gasteiger partial charge on any atom is -0.497 e. The summed E-state index contributed by atoms with van der Waals surface area (Å²) in [6, 6.07) is 5.84. The summed E-state index contributed by atoms with van der Waals surface area (Å²) in [4.78, 5) is 0. The molecule has 4 heteroatoms. The monoisotopic (exact) mass is 324 g/mol. The van der Waals surface area contributed by atoms with Gasteiger partial charge in [0.15, 0.2) is 0 Å². The van der Waals surface area contributed by atoms with Crippen molar-refractivity contribution in [1.29, 1.82) is 0 Å². The number of ether oxygens (including phenoxy) is 2. The number of nitrogens with two attached hydrogens (primary N) is 1. The SMILES string of the molecule is CCCCC[NH2+]C[C@H](O)COc1ccc(OC)cc1C(C)(C)C. The Morgan fingerprint density at radius 3 is 2.57 bits per heavy atom. The number of aliphatic hydroxyl groups excluding tert-OH is 1. The van der Waals surface area contributed by atoms with E-state index in [-0.39, 0.29) is 5.41 Å². The molecular weight excluding hydrogens is 290 g/mol. The Bertz CT molecular complexity index is 454. The summed E-state index contributed by atoms with van der Waals surface area (Å²) in [6.07, 6.45) is 3.24. The van der Waals surface area contributed by atoms with Crippen molar-refractivity contribution in [2.45, 2.75) is 58.5 Å². The molecule has 0 saturated carbocycles. The van der Waals surface area contributed by atoms with Gasteiger partial charge in [0.1, 0.15) is 30.8 Å². The standard InChI is InChI=1S/C19H33NO3/c1-6-7-8-11-20-13-15(21)14-23-18-10-9-16(22-5)12-17(18)19(2,3)4/h9-10,12,15,20-21H,6-8,11,13-14H2,1-5H3/p+1/t15-/m0/s1. The molecule has 23 heavy (non-hydrogen) atoms. The van der Waals surface area contributed by atoms with Crippen molar-refractivity contribution >= 4 is 0 Å². The Balaban J connectivity index is 2.53. The quantitative estimate of drug-likeness (QED) is 0.650.